The Morgan fingerprint density at radius 1 is 1.11 bits per heavy atom. The van der Waals surface area contributed by atoms with Crippen LogP contribution in [-0.2, 0) is 22.4 Å². The maximum absolute atomic E-state index is 12.5. The molecule has 0 saturated heterocycles. The first-order valence-corrected chi connectivity index (χ1v) is 12.9. The molecule has 0 spiro atoms. The molecule has 2 aromatic carbocycles. The van der Waals surface area contributed by atoms with Crippen molar-refractivity contribution in [2.24, 2.45) is 0 Å². The second kappa shape index (κ2) is 11.4. The number of carbonyl (C=O) groups is 1. The van der Waals surface area contributed by atoms with Crippen molar-refractivity contribution in [2.75, 3.05) is 32.2 Å². The highest BCUT2D eigenvalue weighted by molar-refractivity contribution is 5.82. The topological polar surface area (TPSA) is 74.6 Å². The quantitative estimate of drug-likeness (QED) is 0.288. The standard InChI is InChI=1S/C30H33N3O4/c1-3-36-30(34)20-29(21-6-4-7-24(18-21)35-2)33-16-13-22-19-25(10-12-28(22)33)37-17-14-23-9-11-26-27(32-23)8-5-15-31-26/h4,6-7,9-13,16,18-19,29,31H,3,5,8,14-15,17,20H2,1-2H3. The Labute approximate surface area is 217 Å². The SMILES string of the molecule is CCOC(=O)CC(c1cccc(OC)c1)n1ccc2cc(OCCc3ccc4c(n3)CCCN4)ccc21. The monoisotopic (exact) mass is 499 g/mol. The molecule has 0 saturated carbocycles. The van der Waals surface area contributed by atoms with Crippen LogP contribution in [0.5, 0.6) is 11.5 Å². The molecule has 2 aromatic heterocycles. The van der Waals surface area contributed by atoms with E-state index < -0.39 is 0 Å². The number of carbonyl (C=O) groups excluding carboxylic acids is 1. The van der Waals surface area contributed by atoms with Crippen molar-refractivity contribution in [3.63, 3.8) is 0 Å². The van der Waals surface area contributed by atoms with E-state index in [4.69, 9.17) is 19.2 Å². The molecule has 37 heavy (non-hydrogen) atoms. The summed E-state index contributed by atoms with van der Waals surface area (Å²) in [5.41, 5.74) is 5.36. The highest BCUT2D eigenvalue weighted by Gasteiger charge is 2.21. The lowest BCUT2D eigenvalue weighted by Crippen LogP contribution is -2.16. The fourth-order valence-corrected chi connectivity index (χ4v) is 4.90. The van der Waals surface area contributed by atoms with Crippen LogP contribution < -0.4 is 14.8 Å². The number of hydrogen-bond acceptors (Lipinski definition) is 6. The summed E-state index contributed by atoms with van der Waals surface area (Å²) in [6.45, 7) is 3.75. The number of nitrogens with one attached hydrogen (secondary N) is 1. The minimum atomic E-state index is -0.233. The molecule has 0 aliphatic carbocycles. The van der Waals surface area contributed by atoms with E-state index in [0.717, 1.165) is 70.8 Å². The van der Waals surface area contributed by atoms with Gasteiger partial charge in [0.2, 0.25) is 0 Å². The van der Waals surface area contributed by atoms with Crippen LogP contribution in [0.25, 0.3) is 10.9 Å². The van der Waals surface area contributed by atoms with Gasteiger partial charge in [-0.2, -0.15) is 0 Å². The van der Waals surface area contributed by atoms with Crippen molar-refractivity contribution in [1.29, 1.82) is 0 Å². The second-order valence-corrected chi connectivity index (χ2v) is 9.17. The number of benzene rings is 2. The predicted molar refractivity (Wildman–Crippen MR) is 145 cm³/mol. The van der Waals surface area contributed by atoms with E-state index in [1.54, 1.807) is 7.11 Å². The van der Waals surface area contributed by atoms with Crippen molar-refractivity contribution in [1.82, 2.24) is 9.55 Å². The number of pyridine rings is 1. The lowest BCUT2D eigenvalue weighted by molar-refractivity contribution is -0.143. The van der Waals surface area contributed by atoms with Crippen LogP contribution in [0.3, 0.4) is 0 Å². The molecule has 5 rings (SSSR count). The normalized spacial score (nSPS) is 13.5. The number of fused-ring (bicyclic) bond motifs is 2. The van der Waals surface area contributed by atoms with E-state index in [1.165, 1.54) is 0 Å². The van der Waals surface area contributed by atoms with Crippen molar-refractivity contribution in [3.05, 3.63) is 83.8 Å². The van der Waals surface area contributed by atoms with E-state index in [2.05, 4.69) is 28.1 Å². The lowest BCUT2D eigenvalue weighted by atomic mass is 10.0. The summed E-state index contributed by atoms with van der Waals surface area (Å²) < 4.78 is 18.9. The van der Waals surface area contributed by atoms with Crippen LogP contribution in [-0.4, -0.2) is 42.4 Å². The largest absolute Gasteiger partial charge is 0.497 e. The highest BCUT2D eigenvalue weighted by atomic mass is 16.5. The van der Waals surface area contributed by atoms with Crippen LogP contribution in [0.15, 0.2) is 66.9 Å². The van der Waals surface area contributed by atoms with Gasteiger partial charge in [-0.15, -0.1) is 0 Å². The summed E-state index contributed by atoms with van der Waals surface area (Å²) >= 11 is 0. The second-order valence-electron chi connectivity index (χ2n) is 9.17. The molecule has 4 aromatic rings. The smallest absolute Gasteiger partial charge is 0.308 e. The molecule has 7 nitrogen and oxygen atoms in total. The third-order valence-corrected chi connectivity index (χ3v) is 6.74. The molecule has 0 amide bonds. The average molecular weight is 500 g/mol. The number of aryl methyl sites for hydroxylation is 1. The average Bonchev–Trinajstić information content (AvgIpc) is 3.35. The van der Waals surface area contributed by atoms with Gasteiger partial charge in [0, 0.05) is 35.8 Å². The van der Waals surface area contributed by atoms with Gasteiger partial charge in [-0.1, -0.05) is 12.1 Å². The molecule has 192 valence electrons. The van der Waals surface area contributed by atoms with Crippen LogP contribution in [0.2, 0.25) is 0 Å². The minimum Gasteiger partial charge on any atom is -0.497 e. The maximum Gasteiger partial charge on any atom is 0.308 e. The minimum absolute atomic E-state index is 0.219. The summed E-state index contributed by atoms with van der Waals surface area (Å²) in [6, 6.07) is 19.9. The summed E-state index contributed by atoms with van der Waals surface area (Å²) in [5.74, 6) is 1.33. The van der Waals surface area contributed by atoms with Crippen LogP contribution in [0.1, 0.15) is 42.8 Å². The molecule has 0 radical (unpaired) electrons. The number of hydrogen-bond donors (Lipinski definition) is 1. The summed E-state index contributed by atoms with van der Waals surface area (Å²) in [4.78, 5) is 17.3. The number of methoxy groups -OCH3 is 1. The van der Waals surface area contributed by atoms with Gasteiger partial charge in [-0.05, 0) is 73.9 Å². The Morgan fingerprint density at radius 2 is 2.03 bits per heavy atom. The van der Waals surface area contributed by atoms with Crippen LogP contribution >= 0.6 is 0 Å². The molecule has 0 fully saturated rings. The van der Waals surface area contributed by atoms with Gasteiger partial charge in [-0.3, -0.25) is 9.78 Å². The van der Waals surface area contributed by atoms with Gasteiger partial charge in [0.25, 0.3) is 0 Å². The van der Waals surface area contributed by atoms with Gasteiger partial charge in [-0.25, -0.2) is 0 Å². The van der Waals surface area contributed by atoms with Gasteiger partial charge in [0.05, 0.1) is 44.2 Å². The van der Waals surface area contributed by atoms with E-state index in [0.29, 0.717) is 13.2 Å². The van der Waals surface area contributed by atoms with Gasteiger partial charge in [0.15, 0.2) is 0 Å². The molecule has 0 bridgehead atoms. The molecule has 3 heterocycles. The van der Waals surface area contributed by atoms with E-state index >= 15 is 0 Å². The summed E-state index contributed by atoms with van der Waals surface area (Å²) in [7, 11) is 1.64. The number of aromatic nitrogens is 2. The third-order valence-electron chi connectivity index (χ3n) is 6.74. The zero-order valence-corrected chi connectivity index (χ0v) is 21.4. The number of anilines is 1. The number of nitrogens with zero attached hydrogens (tertiary/aromatic N) is 2. The molecule has 1 aliphatic rings. The summed E-state index contributed by atoms with van der Waals surface area (Å²) in [6.07, 6.45) is 5.15. The number of esters is 1. The third kappa shape index (κ3) is 5.71. The Bertz CT molecular complexity index is 1380. The molecule has 1 N–H and O–H groups in total. The van der Waals surface area contributed by atoms with E-state index in [1.807, 2.05) is 55.6 Å². The molecule has 1 unspecified atom stereocenters. The number of ether oxygens (including phenoxy) is 3. The first-order chi connectivity index (χ1) is 18.1. The Hall–Kier alpha value is -4.00. The Kier molecular flexibility index (Phi) is 7.59. The van der Waals surface area contributed by atoms with Gasteiger partial charge >= 0.3 is 5.97 Å². The molecular formula is C30H33N3O4. The zero-order chi connectivity index (χ0) is 25.6. The summed E-state index contributed by atoms with van der Waals surface area (Å²) in [5, 5.41) is 4.45. The predicted octanol–water partition coefficient (Wildman–Crippen LogP) is 5.57. The molecule has 1 aliphatic heterocycles. The molecule has 1 atom stereocenters. The van der Waals surface area contributed by atoms with Gasteiger partial charge < -0.3 is 24.1 Å². The Morgan fingerprint density at radius 3 is 2.89 bits per heavy atom. The highest BCUT2D eigenvalue weighted by Crippen LogP contribution is 2.32. The molecule has 7 heteroatoms. The van der Waals surface area contributed by atoms with Crippen molar-refractivity contribution in [2.45, 2.75) is 38.6 Å². The van der Waals surface area contributed by atoms with E-state index in [9.17, 15) is 4.79 Å². The maximum atomic E-state index is 12.5. The first-order valence-electron chi connectivity index (χ1n) is 12.9. The Balaban J connectivity index is 1.32. The van der Waals surface area contributed by atoms with E-state index in [-0.39, 0.29) is 18.4 Å². The van der Waals surface area contributed by atoms with Crippen LogP contribution in [0, 0.1) is 0 Å². The van der Waals surface area contributed by atoms with Crippen molar-refractivity contribution >= 4 is 22.6 Å². The van der Waals surface area contributed by atoms with Crippen LogP contribution in [0.4, 0.5) is 5.69 Å². The van der Waals surface area contributed by atoms with Crippen molar-refractivity contribution < 1.29 is 19.0 Å². The molecular weight excluding hydrogens is 466 g/mol. The lowest BCUT2D eigenvalue weighted by Gasteiger charge is -2.21. The number of rotatable bonds is 10. The van der Waals surface area contributed by atoms with Gasteiger partial charge in [0.1, 0.15) is 11.5 Å². The van der Waals surface area contributed by atoms with Crippen molar-refractivity contribution in [3.8, 4) is 11.5 Å². The fourth-order valence-electron chi connectivity index (χ4n) is 4.90. The fraction of sp³-hybridized carbons (Fsp3) is 0.333. The zero-order valence-electron chi connectivity index (χ0n) is 21.4. The first kappa shape index (κ1) is 24.7.